The fourth-order valence-electron chi connectivity index (χ4n) is 5.00. The van der Waals surface area contributed by atoms with Gasteiger partial charge in [-0.25, -0.2) is 9.97 Å². The molecule has 3 aromatic rings. The highest BCUT2D eigenvalue weighted by atomic mass is 32.1. The summed E-state index contributed by atoms with van der Waals surface area (Å²) in [5, 5.41) is 2.61. The second-order valence-corrected chi connectivity index (χ2v) is 10.5. The monoisotopic (exact) mass is 543 g/mol. The Bertz CT molecular complexity index is 1310. The highest BCUT2D eigenvalue weighted by Crippen LogP contribution is 2.35. The molecule has 2 saturated heterocycles. The summed E-state index contributed by atoms with van der Waals surface area (Å²) >= 11 is 1.43. The van der Waals surface area contributed by atoms with Crippen molar-refractivity contribution in [3.8, 4) is 0 Å². The standard InChI is InChI=1S/C27H28F3N5O2S/c1-18-5-4-8-23(31-18)33-13-15-35(16-14-33)26(37)22-17-38-24(32-22)19-9-11-34(12-10-19)25(36)20-6-2-3-7-21(20)27(28,29)30/h2-8,17,19H,9-16H2,1H3. The van der Waals surface area contributed by atoms with Gasteiger partial charge in [0.25, 0.3) is 11.8 Å². The number of pyridine rings is 1. The topological polar surface area (TPSA) is 69.6 Å². The number of aryl methyl sites for hydroxylation is 1. The van der Waals surface area contributed by atoms with Crippen molar-refractivity contribution in [2.45, 2.75) is 31.9 Å². The van der Waals surface area contributed by atoms with Gasteiger partial charge in [0.15, 0.2) is 0 Å². The Morgan fingerprint density at radius 1 is 0.868 bits per heavy atom. The highest BCUT2D eigenvalue weighted by molar-refractivity contribution is 7.09. The first-order valence-electron chi connectivity index (χ1n) is 12.6. The molecule has 5 rings (SSSR count). The number of benzene rings is 1. The number of alkyl halides is 3. The molecular weight excluding hydrogens is 515 g/mol. The zero-order valence-corrected chi connectivity index (χ0v) is 21.8. The molecule has 2 amide bonds. The lowest BCUT2D eigenvalue weighted by Gasteiger charge is -2.35. The number of carbonyl (C=O) groups excluding carboxylic acids is 2. The van der Waals surface area contributed by atoms with E-state index in [-0.39, 0.29) is 17.4 Å². The molecule has 0 N–H and O–H groups in total. The molecule has 0 radical (unpaired) electrons. The number of aromatic nitrogens is 2. The van der Waals surface area contributed by atoms with Gasteiger partial charge in [0.05, 0.1) is 16.1 Å². The van der Waals surface area contributed by atoms with Crippen LogP contribution in [0.25, 0.3) is 0 Å². The molecule has 0 unspecified atom stereocenters. The zero-order chi connectivity index (χ0) is 26.9. The number of halogens is 3. The van der Waals surface area contributed by atoms with Gasteiger partial charge in [-0.2, -0.15) is 13.2 Å². The summed E-state index contributed by atoms with van der Waals surface area (Å²) in [7, 11) is 0. The van der Waals surface area contributed by atoms with Crippen LogP contribution in [0.15, 0.2) is 47.8 Å². The number of rotatable bonds is 4. The molecule has 0 saturated carbocycles. The fraction of sp³-hybridized carbons (Fsp3) is 0.407. The van der Waals surface area contributed by atoms with Crippen molar-refractivity contribution in [3.63, 3.8) is 0 Å². The first-order chi connectivity index (χ1) is 18.2. The van der Waals surface area contributed by atoms with E-state index in [4.69, 9.17) is 0 Å². The highest BCUT2D eigenvalue weighted by Gasteiger charge is 2.37. The number of piperazine rings is 1. The summed E-state index contributed by atoms with van der Waals surface area (Å²) in [6, 6.07) is 10.8. The number of thiazole rings is 1. The molecule has 0 bridgehead atoms. The molecule has 2 fully saturated rings. The molecular formula is C27H28F3N5O2S. The van der Waals surface area contributed by atoms with Gasteiger partial charge in [0, 0.05) is 56.3 Å². The van der Waals surface area contributed by atoms with Gasteiger partial charge in [-0.3, -0.25) is 9.59 Å². The van der Waals surface area contributed by atoms with E-state index in [1.165, 1.54) is 34.4 Å². The van der Waals surface area contributed by atoms with E-state index in [1.807, 2.05) is 30.0 Å². The molecule has 4 heterocycles. The van der Waals surface area contributed by atoms with Gasteiger partial charge < -0.3 is 14.7 Å². The predicted octanol–water partition coefficient (Wildman–Crippen LogP) is 4.85. The van der Waals surface area contributed by atoms with Gasteiger partial charge in [0.2, 0.25) is 0 Å². The minimum atomic E-state index is -4.58. The number of anilines is 1. The quantitative estimate of drug-likeness (QED) is 0.471. The lowest BCUT2D eigenvalue weighted by Crippen LogP contribution is -2.49. The van der Waals surface area contributed by atoms with Crippen LogP contribution in [-0.4, -0.2) is 70.9 Å². The Balaban J connectivity index is 1.16. The molecule has 0 atom stereocenters. The third-order valence-corrected chi connectivity index (χ3v) is 8.11. The Morgan fingerprint density at radius 3 is 2.24 bits per heavy atom. The summed E-state index contributed by atoms with van der Waals surface area (Å²) in [6.45, 7) is 5.20. The van der Waals surface area contributed by atoms with Crippen LogP contribution in [0, 0.1) is 6.92 Å². The van der Waals surface area contributed by atoms with Crippen LogP contribution in [0.4, 0.5) is 19.0 Å². The van der Waals surface area contributed by atoms with Crippen LogP contribution in [0.3, 0.4) is 0 Å². The molecule has 0 aliphatic carbocycles. The first kappa shape index (κ1) is 26.1. The predicted molar refractivity (Wildman–Crippen MR) is 139 cm³/mol. The Labute approximate surface area is 222 Å². The average molecular weight is 544 g/mol. The third-order valence-electron chi connectivity index (χ3n) is 7.10. The first-order valence-corrected chi connectivity index (χ1v) is 13.5. The molecule has 1 aromatic carbocycles. The Morgan fingerprint density at radius 2 is 1.55 bits per heavy atom. The SMILES string of the molecule is Cc1cccc(N2CCN(C(=O)c3csc(C4CCN(C(=O)c5ccccc5C(F)(F)F)CC4)n3)CC2)n1. The fourth-order valence-corrected chi connectivity index (χ4v) is 5.96. The van der Waals surface area contributed by atoms with Crippen molar-refractivity contribution >= 4 is 29.0 Å². The van der Waals surface area contributed by atoms with Crippen molar-refractivity contribution < 1.29 is 22.8 Å². The van der Waals surface area contributed by atoms with E-state index < -0.39 is 17.6 Å². The van der Waals surface area contributed by atoms with Gasteiger partial charge in [-0.05, 0) is 44.0 Å². The molecule has 2 aromatic heterocycles. The minimum absolute atomic E-state index is 0.0627. The summed E-state index contributed by atoms with van der Waals surface area (Å²) in [6.07, 6.45) is -3.41. The van der Waals surface area contributed by atoms with E-state index in [9.17, 15) is 22.8 Å². The maximum atomic E-state index is 13.4. The van der Waals surface area contributed by atoms with Gasteiger partial charge in [-0.15, -0.1) is 11.3 Å². The van der Waals surface area contributed by atoms with Crippen molar-refractivity contribution in [2.75, 3.05) is 44.2 Å². The van der Waals surface area contributed by atoms with E-state index in [2.05, 4.69) is 14.9 Å². The molecule has 11 heteroatoms. The molecule has 7 nitrogen and oxygen atoms in total. The summed E-state index contributed by atoms with van der Waals surface area (Å²) in [5.41, 5.74) is 0.145. The van der Waals surface area contributed by atoms with Gasteiger partial charge in [0.1, 0.15) is 11.5 Å². The number of likely N-dealkylation sites (tertiary alicyclic amines) is 1. The van der Waals surface area contributed by atoms with E-state index in [1.54, 1.807) is 5.38 Å². The van der Waals surface area contributed by atoms with Crippen LogP contribution < -0.4 is 4.90 Å². The average Bonchev–Trinajstić information content (AvgIpc) is 3.42. The maximum absolute atomic E-state index is 13.4. The number of hydrogen-bond acceptors (Lipinski definition) is 6. The smallest absolute Gasteiger partial charge is 0.353 e. The number of piperidine rings is 1. The van der Waals surface area contributed by atoms with Crippen LogP contribution in [0.5, 0.6) is 0 Å². The van der Waals surface area contributed by atoms with E-state index in [0.717, 1.165) is 22.6 Å². The molecule has 2 aliphatic rings. The second kappa shape index (κ2) is 10.7. The number of carbonyl (C=O) groups is 2. The maximum Gasteiger partial charge on any atom is 0.417 e. The lowest BCUT2D eigenvalue weighted by molar-refractivity contribution is -0.138. The summed E-state index contributed by atoms with van der Waals surface area (Å²) in [4.78, 5) is 40.6. The Kier molecular flexibility index (Phi) is 7.38. The second-order valence-electron chi connectivity index (χ2n) is 9.60. The number of hydrogen-bond donors (Lipinski definition) is 0. The number of amides is 2. The van der Waals surface area contributed by atoms with Crippen LogP contribution in [0.1, 0.15) is 55.9 Å². The van der Waals surface area contributed by atoms with Gasteiger partial charge in [-0.1, -0.05) is 18.2 Å². The number of nitrogens with zero attached hydrogens (tertiary/aromatic N) is 5. The third kappa shape index (κ3) is 5.52. The minimum Gasteiger partial charge on any atom is -0.353 e. The van der Waals surface area contributed by atoms with Crippen LogP contribution in [0.2, 0.25) is 0 Å². The summed E-state index contributed by atoms with van der Waals surface area (Å²) in [5.74, 6) is 0.277. The van der Waals surface area contributed by atoms with Crippen molar-refractivity contribution in [3.05, 3.63) is 75.4 Å². The van der Waals surface area contributed by atoms with E-state index >= 15 is 0 Å². The van der Waals surface area contributed by atoms with Crippen molar-refractivity contribution in [2.24, 2.45) is 0 Å². The molecule has 2 aliphatic heterocycles. The Hall–Kier alpha value is -3.47. The van der Waals surface area contributed by atoms with Crippen molar-refractivity contribution in [1.82, 2.24) is 19.8 Å². The molecule has 0 spiro atoms. The van der Waals surface area contributed by atoms with Crippen LogP contribution >= 0.6 is 11.3 Å². The molecule has 38 heavy (non-hydrogen) atoms. The molecule has 200 valence electrons. The van der Waals surface area contributed by atoms with Gasteiger partial charge >= 0.3 is 6.18 Å². The largest absolute Gasteiger partial charge is 0.417 e. The van der Waals surface area contributed by atoms with E-state index in [0.29, 0.717) is 57.8 Å². The lowest BCUT2D eigenvalue weighted by atomic mass is 9.96. The van der Waals surface area contributed by atoms with Crippen LogP contribution in [-0.2, 0) is 6.18 Å². The van der Waals surface area contributed by atoms with Crippen molar-refractivity contribution in [1.29, 1.82) is 0 Å². The zero-order valence-electron chi connectivity index (χ0n) is 20.9. The normalized spacial score (nSPS) is 17.1. The summed E-state index contributed by atoms with van der Waals surface area (Å²) < 4.78 is 40.1.